The van der Waals surface area contributed by atoms with Crippen LogP contribution in [0.2, 0.25) is 0 Å². The first kappa shape index (κ1) is 9.37. The fourth-order valence-corrected chi connectivity index (χ4v) is 0.822. The maximum absolute atomic E-state index is 10.3. The molecule has 2 N–H and O–H groups in total. The number of nitrogen functional groups attached to an aromatic ring is 1. The Hall–Kier alpha value is -1.72. The molecule has 1 aromatic heterocycles. The first-order chi connectivity index (χ1) is 6.02. The lowest BCUT2D eigenvalue weighted by Crippen LogP contribution is -2.04. The van der Waals surface area contributed by atoms with Crippen molar-refractivity contribution in [2.75, 3.05) is 5.73 Å². The first-order valence-electron chi connectivity index (χ1n) is 3.79. The predicted molar refractivity (Wildman–Crippen MR) is 47.2 cm³/mol. The molecule has 13 heavy (non-hydrogen) atoms. The van der Waals surface area contributed by atoms with Gasteiger partial charge in [0.1, 0.15) is 12.0 Å². The normalized spacial score (nSPS) is 10.4. The van der Waals surface area contributed by atoms with Gasteiger partial charge in [0.2, 0.25) is 5.82 Å². The maximum Gasteiger partial charge on any atom is 0.329 e. The van der Waals surface area contributed by atoms with Crippen LogP contribution in [0.25, 0.3) is 0 Å². The molecule has 0 saturated heterocycles. The summed E-state index contributed by atoms with van der Waals surface area (Å²) in [5, 5.41) is 10.3. The molecule has 0 radical (unpaired) electrons. The van der Waals surface area contributed by atoms with E-state index < -0.39 is 4.92 Å². The van der Waals surface area contributed by atoms with Crippen molar-refractivity contribution in [3.8, 4) is 0 Å². The highest BCUT2D eigenvalue weighted by Crippen LogP contribution is 2.19. The van der Waals surface area contributed by atoms with Crippen molar-refractivity contribution >= 4 is 11.5 Å². The molecule has 0 fully saturated rings. The number of hydrogen-bond acceptors (Lipinski definition) is 5. The molecule has 1 rings (SSSR count). The van der Waals surface area contributed by atoms with Crippen LogP contribution >= 0.6 is 0 Å². The van der Waals surface area contributed by atoms with Gasteiger partial charge >= 0.3 is 5.69 Å². The van der Waals surface area contributed by atoms with Gasteiger partial charge < -0.3 is 5.73 Å². The lowest BCUT2D eigenvalue weighted by atomic mass is 10.2. The number of aromatic nitrogens is 2. The van der Waals surface area contributed by atoms with E-state index in [1.807, 2.05) is 13.8 Å². The number of nitrogens with zero attached hydrogens (tertiary/aromatic N) is 3. The molecule has 0 saturated carbocycles. The highest BCUT2D eigenvalue weighted by Gasteiger charge is 2.14. The summed E-state index contributed by atoms with van der Waals surface area (Å²) in [6, 6.07) is 0. The van der Waals surface area contributed by atoms with Crippen molar-refractivity contribution in [1.29, 1.82) is 0 Å². The zero-order valence-electron chi connectivity index (χ0n) is 7.39. The van der Waals surface area contributed by atoms with Gasteiger partial charge in [-0.2, -0.15) is 0 Å². The van der Waals surface area contributed by atoms with E-state index in [4.69, 9.17) is 5.73 Å². The van der Waals surface area contributed by atoms with E-state index >= 15 is 0 Å². The molecule has 70 valence electrons. The summed E-state index contributed by atoms with van der Waals surface area (Å²) in [6.45, 7) is 3.78. The Morgan fingerprint density at radius 1 is 1.62 bits per heavy atom. The summed E-state index contributed by atoms with van der Waals surface area (Å²) in [4.78, 5) is 17.4. The van der Waals surface area contributed by atoms with E-state index in [-0.39, 0.29) is 17.4 Å². The first-order valence-corrected chi connectivity index (χ1v) is 3.79. The van der Waals surface area contributed by atoms with Crippen molar-refractivity contribution in [2.24, 2.45) is 0 Å². The minimum Gasteiger partial charge on any atom is -0.378 e. The van der Waals surface area contributed by atoms with Crippen LogP contribution in [-0.2, 0) is 0 Å². The smallest absolute Gasteiger partial charge is 0.329 e. The zero-order valence-corrected chi connectivity index (χ0v) is 7.39. The summed E-state index contributed by atoms with van der Waals surface area (Å²) < 4.78 is 0. The molecular weight excluding hydrogens is 172 g/mol. The largest absolute Gasteiger partial charge is 0.378 e. The Morgan fingerprint density at radius 3 is 2.62 bits per heavy atom. The number of nitrogens with two attached hydrogens (primary N) is 1. The molecule has 0 amide bonds. The van der Waals surface area contributed by atoms with Crippen LogP contribution in [0, 0.1) is 10.1 Å². The van der Waals surface area contributed by atoms with Gasteiger partial charge in [0.15, 0.2) is 0 Å². The Kier molecular flexibility index (Phi) is 2.41. The van der Waals surface area contributed by atoms with Crippen LogP contribution in [-0.4, -0.2) is 14.9 Å². The van der Waals surface area contributed by atoms with Gasteiger partial charge in [-0.1, -0.05) is 13.8 Å². The van der Waals surface area contributed by atoms with Crippen molar-refractivity contribution in [2.45, 2.75) is 19.8 Å². The third kappa shape index (κ3) is 1.90. The van der Waals surface area contributed by atoms with Crippen molar-refractivity contribution in [3.05, 3.63) is 22.1 Å². The summed E-state index contributed by atoms with van der Waals surface area (Å²) in [6.07, 6.45) is 1.14. The van der Waals surface area contributed by atoms with Crippen LogP contribution in [0.15, 0.2) is 6.20 Å². The lowest BCUT2D eigenvalue weighted by Gasteiger charge is -2.03. The topological polar surface area (TPSA) is 94.9 Å². The average Bonchev–Trinajstić information content (AvgIpc) is 2.03. The maximum atomic E-state index is 10.3. The SMILES string of the molecule is CC(C)c1ncc([N+](=O)[O-])c(N)n1. The minimum absolute atomic E-state index is 0.0799. The predicted octanol–water partition coefficient (Wildman–Crippen LogP) is 1.09. The fourth-order valence-electron chi connectivity index (χ4n) is 0.822. The summed E-state index contributed by atoms with van der Waals surface area (Å²) in [7, 11) is 0. The van der Waals surface area contributed by atoms with E-state index in [0.29, 0.717) is 5.82 Å². The van der Waals surface area contributed by atoms with Gasteiger partial charge in [0.25, 0.3) is 0 Å². The van der Waals surface area contributed by atoms with E-state index in [9.17, 15) is 10.1 Å². The average molecular weight is 182 g/mol. The van der Waals surface area contributed by atoms with Crippen LogP contribution in [0.1, 0.15) is 25.6 Å². The Bertz CT molecular complexity index is 337. The number of hydrogen-bond donors (Lipinski definition) is 1. The highest BCUT2D eigenvalue weighted by molar-refractivity contribution is 5.50. The van der Waals surface area contributed by atoms with E-state index in [0.717, 1.165) is 6.20 Å². The molecule has 0 aliphatic carbocycles. The summed E-state index contributed by atoms with van der Waals surface area (Å²) >= 11 is 0. The fraction of sp³-hybridized carbons (Fsp3) is 0.429. The van der Waals surface area contributed by atoms with E-state index in [1.54, 1.807) is 0 Å². The molecule has 0 bridgehead atoms. The molecular formula is C7H10N4O2. The second kappa shape index (κ2) is 3.34. The monoisotopic (exact) mass is 182 g/mol. The van der Waals surface area contributed by atoms with Gasteiger partial charge in [0, 0.05) is 5.92 Å². The van der Waals surface area contributed by atoms with Crippen LogP contribution in [0.5, 0.6) is 0 Å². The van der Waals surface area contributed by atoms with Crippen molar-refractivity contribution < 1.29 is 4.92 Å². The summed E-state index contributed by atoms with van der Waals surface area (Å²) in [5.74, 6) is 0.551. The van der Waals surface area contributed by atoms with Gasteiger partial charge in [0.05, 0.1) is 4.92 Å². The molecule has 0 unspecified atom stereocenters. The van der Waals surface area contributed by atoms with Crippen LogP contribution in [0.4, 0.5) is 11.5 Å². The third-order valence-corrected chi connectivity index (χ3v) is 1.53. The minimum atomic E-state index is -0.598. The standard InChI is InChI=1S/C7H10N4O2/c1-4(2)7-9-3-5(11(12)13)6(8)10-7/h3-4H,1-2H3,(H2,8,9,10). The van der Waals surface area contributed by atoms with E-state index in [1.165, 1.54) is 0 Å². The van der Waals surface area contributed by atoms with Crippen LogP contribution < -0.4 is 5.73 Å². The quantitative estimate of drug-likeness (QED) is 0.545. The van der Waals surface area contributed by atoms with Gasteiger partial charge in [-0.15, -0.1) is 0 Å². The third-order valence-electron chi connectivity index (χ3n) is 1.53. The Labute approximate surface area is 75.0 Å². The van der Waals surface area contributed by atoms with Crippen LogP contribution in [0.3, 0.4) is 0 Å². The zero-order chi connectivity index (χ0) is 10.0. The summed E-state index contributed by atoms with van der Waals surface area (Å²) in [5.41, 5.74) is 5.12. The molecule has 1 aromatic rings. The molecule has 6 nitrogen and oxygen atoms in total. The molecule has 0 aliphatic heterocycles. The highest BCUT2D eigenvalue weighted by atomic mass is 16.6. The molecule has 6 heteroatoms. The molecule has 0 aromatic carbocycles. The number of nitro groups is 1. The Balaban J connectivity index is 3.13. The van der Waals surface area contributed by atoms with Crippen molar-refractivity contribution in [3.63, 3.8) is 0 Å². The number of anilines is 1. The van der Waals surface area contributed by atoms with Gasteiger partial charge in [-0.25, -0.2) is 9.97 Å². The molecule has 0 spiro atoms. The van der Waals surface area contributed by atoms with Gasteiger partial charge in [-0.3, -0.25) is 10.1 Å². The lowest BCUT2D eigenvalue weighted by molar-refractivity contribution is -0.384. The molecule has 0 atom stereocenters. The molecule has 0 aliphatic rings. The van der Waals surface area contributed by atoms with Gasteiger partial charge in [-0.05, 0) is 0 Å². The Morgan fingerprint density at radius 2 is 2.23 bits per heavy atom. The second-order valence-corrected chi connectivity index (χ2v) is 2.91. The molecule has 1 heterocycles. The second-order valence-electron chi connectivity index (χ2n) is 2.91. The van der Waals surface area contributed by atoms with E-state index in [2.05, 4.69) is 9.97 Å². The number of rotatable bonds is 2. The van der Waals surface area contributed by atoms with Crippen molar-refractivity contribution in [1.82, 2.24) is 9.97 Å².